The van der Waals surface area contributed by atoms with E-state index in [1.165, 1.54) is 16.9 Å². The maximum atomic E-state index is 4.61. The van der Waals surface area contributed by atoms with Crippen molar-refractivity contribution in [3.63, 3.8) is 0 Å². The molecular weight excluding hydrogens is 360 g/mol. The molecule has 0 amide bonds. The van der Waals surface area contributed by atoms with Crippen LogP contribution in [0.4, 0.5) is 34.4 Å². The summed E-state index contributed by atoms with van der Waals surface area (Å²) in [7, 11) is 4.21. The van der Waals surface area contributed by atoms with Crippen molar-refractivity contribution >= 4 is 34.4 Å². The fraction of sp³-hybridized carbons (Fsp3) is 0.304. The standard InChI is InChI=1S/C23H26N6/c1-15-18(28-16(2)26(4)22-20(28)11-7-13-24-22)9-6-10-19(15)29-17(3)27(5)23-21(29)12-8-14-25-23/h6-14,16-17H,1-5H3/t16-,17+. The predicted molar refractivity (Wildman–Crippen MR) is 120 cm³/mol. The number of hydrogen-bond acceptors (Lipinski definition) is 6. The first-order chi connectivity index (χ1) is 14.0. The van der Waals surface area contributed by atoms with Crippen molar-refractivity contribution in [3.05, 3.63) is 60.4 Å². The van der Waals surface area contributed by atoms with Crippen molar-refractivity contribution in [2.45, 2.75) is 33.1 Å². The number of benzene rings is 1. The third-order valence-electron chi connectivity index (χ3n) is 6.38. The van der Waals surface area contributed by atoms with Crippen molar-refractivity contribution in [2.75, 3.05) is 33.7 Å². The molecule has 2 aliphatic rings. The van der Waals surface area contributed by atoms with Gasteiger partial charge in [-0.05, 0) is 62.7 Å². The molecule has 0 N–H and O–H groups in total. The smallest absolute Gasteiger partial charge is 0.153 e. The van der Waals surface area contributed by atoms with E-state index in [0.29, 0.717) is 0 Å². The van der Waals surface area contributed by atoms with E-state index >= 15 is 0 Å². The van der Waals surface area contributed by atoms with Gasteiger partial charge in [-0.2, -0.15) is 0 Å². The number of nitrogens with zero attached hydrogens (tertiary/aromatic N) is 6. The van der Waals surface area contributed by atoms with Crippen molar-refractivity contribution in [1.29, 1.82) is 0 Å². The average Bonchev–Trinajstić information content (AvgIpc) is 3.14. The molecule has 2 aromatic heterocycles. The summed E-state index contributed by atoms with van der Waals surface area (Å²) in [6.45, 7) is 6.66. The quantitative estimate of drug-likeness (QED) is 0.638. The molecule has 5 rings (SSSR count). The minimum Gasteiger partial charge on any atom is -0.337 e. The van der Waals surface area contributed by atoms with Gasteiger partial charge < -0.3 is 19.6 Å². The maximum Gasteiger partial charge on any atom is 0.153 e. The van der Waals surface area contributed by atoms with Crippen LogP contribution in [0.3, 0.4) is 0 Å². The first-order valence-corrected chi connectivity index (χ1v) is 10.0. The van der Waals surface area contributed by atoms with E-state index in [2.05, 4.69) is 94.8 Å². The lowest BCUT2D eigenvalue weighted by molar-refractivity contribution is 0.721. The molecule has 2 aliphatic heterocycles. The molecule has 6 nitrogen and oxygen atoms in total. The number of anilines is 6. The van der Waals surface area contributed by atoms with Crippen LogP contribution in [0.15, 0.2) is 54.9 Å². The first-order valence-electron chi connectivity index (χ1n) is 10.0. The molecule has 0 spiro atoms. The number of aromatic nitrogens is 2. The summed E-state index contributed by atoms with van der Waals surface area (Å²) in [5.74, 6) is 2.04. The van der Waals surface area contributed by atoms with Crippen LogP contribution in [-0.2, 0) is 0 Å². The van der Waals surface area contributed by atoms with E-state index in [0.717, 1.165) is 23.0 Å². The molecule has 2 atom stereocenters. The number of fused-ring (bicyclic) bond motifs is 2. The highest BCUT2D eigenvalue weighted by Gasteiger charge is 2.36. The Labute approximate surface area is 172 Å². The summed E-state index contributed by atoms with van der Waals surface area (Å²) in [6.07, 6.45) is 4.11. The Balaban J connectivity index is 1.64. The molecule has 0 aliphatic carbocycles. The van der Waals surface area contributed by atoms with Crippen LogP contribution in [-0.4, -0.2) is 36.4 Å². The van der Waals surface area contributed by atoms with E-state index in [9.17, 15) is 0 Å². The Hall–Kier alpha value is -3.28. The van der Waals surface area contributed by atoms with Gasteiger partial charge in [0.25, 0.3) is 0 Å². The number of pyridine rings is 2. The molecular formula is C23H26N6. The monoisotopic (exact) mass is 386 g/mol. The van der Waals surface area contributed by atoms with E-state index in [4.69, 9.17) is 0 Å². The van der Waals surface area contributed by atoms with Gasteiger partial charge in [0.1, 0.15) is 12.3 Å². The fourth-order valence-electron chi connectivity index (χ4n) is 4.60. The van der Waals surface area contributed by atoms with Gasteiger partial charge in [0.2, 0.25) is 0 Å². The zero-order chi connectivity index (χ0) is 20.3. The van der Waals surface area contributed by atoms with Crippen molar-refractivity contribution in [2.24, 2.45) is 0 Å². The molecule has 0 saturated heterocycles. The van der Waals surface area contributed by atoms with Gasteiger partial charge in [0, 0.05) is 37.9 Å². The second kappa shape index (κ2) is 6.37. The molecule has 0 fully saturated rings. The Morgan fingerprint density at radius 1 is 0.655 bits per heavy atom. The van der Waals surface area contributed by atoms with Crippen LogP contribution >= 0.6 is 0 Å². The molecule has 148 valence electrons. The summed E-state index contributed by atoms with van der Waals surface area (Å²) in [6, 6.07) is 14.9. The maximum absolute atomic E-state index is 4.61. The summed E-state index contributed by atoms with van der Waals surface area (Å²) in [4.78, 5) is 18.4. The van der Waals surface area contributed by atoms with Crippen LogP contribution in [0, 0.1) is 6.92 Å². The highest BCUT2D eigenvalue weighted by Crippen LogP contribution is 2.47. The summed E-state index contributed by atoms with van der Waals surface area (Å²) in [5.41, 5.74) is 5.97. The summed E-state index contributed by atoms with van der Waals surface area (Å²) < 4.78 is 0. The molecule has 0 saturated carbocycles. The van der Waals surface area contributed by atoms with Gasteiger partial charge in [-0.1, -0.05) is 6.07 Å². The topological polar surface area (TPSA) is 38.7 Å². The van der Waals surface area contributed by atoms with Gasteiger partial charge in [-0.15, -0.1) is 0 Å². The van der Waals surface area contributed by atoms with Gasteiger partial charge >= 0.3 is 0 Å². The second-order valence-electron chi connectivity index (χ2n) is 7.84. The SMILES string of the molecule is Cc1c(N2c3cccnc3N(C)[C@H]2C)cccc1N1c2cccnc2N(C)[C@@H]1C. The zero-order valence-corrected chi connectivity index (χ0v) is 17.5. The van der Waals surface area contributed by atoms with Crippen LogP contribution in [0.1, 0.15) is 19.4 Å². The lowest BCUT2D eigenvalue weighted by Crippen LogP contribution is -2.37. The molecule has 0 unspecified atom stereocenters. The zero-order valence-electron chi connectivity index (χ0n) is 17.5. The largest absolute Gasteiger partial charge is 0.337 e. The Kier molecular flexibility index (Phi) is 3.91. The number of rotatable bonds is 2. The molecule has 4 heterocycles. The highest BCUT2D eigenvalue weighted by molar-refractivity contribution is 5.87. The highest BCUT2D eigenvalue weighted by atomic mass is 15.4. The van der Waals surface area contributed by atoms with E-state index in [1.54, 1.807) is 0 Å². The van der Waals surface area contributed by atoms with E-state index in [1.807, 2.05) is 24.5 Å². The summed E-state index contributed by atoms with van der Waals surface area (Å²) >= 11 is 0. The van der Waals surface area contributed by atoms with Gasteiger partial charge in [0.05, 0.1) is 11.4 Å². The number of hydrogen-bond donors (Lipinski definition) is 0. The Bertz CT molecular complexity index is 999. The van der Waals surface area contributed by atoms with Gasteiger partial charge in [0.15, 0.2) is 11.6 Å². The molecule has 1 aromatic carbocycles. The lowest BCUT2D eigenvalue weighted by Gasteiger charge is -2.33. The predicted octanol–water partition coefficient (Wildman–Crippen LogP) is 4.65. The van der Waals surface area contributed by atoms with Crippen molar-refractivity contribution in [3.8, 4) is 0 Å². The molecule has 6 heteroatoms. The van der Waals surface area contributed by atoms with Crippen LogP contribution in [0.5, 0.6) is 0 Å². The first kappa shape index (κ1) is 17.8. The summed E-state index contributed by atoms with van der Waals surface area (Å²) in [5, 5.41) is 0. The lowest BCUT2D eigenvalue weighted by atomic mass is 10.1. The Morgan fingerprint density at radius 2 is 1.07 bits per heavy atom. The van der Waals surface area contributed by atoms with Crippen molar-refractivity contribution in [1.82, 2.24) is 9.97 Å². The fourth-order valence-corrected chi connectivity index (χ4v) is 4.60. The van der Waals surface area contributed by atoms with Gasteiger partial charge in [-0.25, -0.2) is 9.97 Å². The third-order valence-corrected chi connectivity index (χ3v) is 6.38. The normalized spacial score (nSPS) is 20.3. The van der Waals surface area contributed by atoms with Gasteiger partial charge in [-0.3, -0.25) is 0 Å². The Morgan fingerprint density at radius 3 is 1.52 bits per heavy atom. The molecule has 3 aromatic rings. The van der Waals surface area contributed by atoms with E-state index < -0.39 is 0 Å². The molecule has 29 heavy (non-hydrogen) atoms. The van der Waals surface area contributed by atoms with E-state index in [-0.39, 0.29) is 12.3 Å². The minimum absolute atomic E-state index is 0.196. The second-order valence-corrected chi connectivity index (χ2v) is 7.84. The van der Waals surface area contributed by atoms with Crippen LogP contribution < -0.4 is 19.6 Å². The minimum atomic E-state index is 0.196. The van der Waals surface area contributed by atoms with Crippen LogP contribution in [0.25, 0.3) is 0 Å². The average molecular weight is 387 g/mol. The van der Waals surface area contributed by atoms with Crippen molar-refractivity contribution < 1.29 is 0 Å². The molecule has 0 bridgehead atoms. The van der Waals surface area contributed by atoms with Crippen LogP contribution in [0.2, 0.25) is 0 Å². The molecule has 0 radical (unpaired) electrons. The third kappa shape index (κ3) is 2.41.